The van der Waals surface area contributed by atoms with Gasteiger partial charge in [0.25, 0.3) is 21.8 Å². The molecule has 4 fully saturated rings. The van der Waals surface area contributed by atoms with Crippen LogP contribution in [0.4, 0.5) is 17.2 Å². The smallest absolute Gasteiger partial charge is 0.270 e. The Kier molecular flexibility index (Phi) is 10.6. The highest BCUT2D eigenvalue weighted by Crippen LogP contribution is 2.50. The van der Waals surface area contributed by atoms with Gasteiger partial charge < -0.3 is 33.4 Å². The highest BCUT2D eigenvalue weighted by Gasteiger charge is 2.48. The van der Waals surface area contributed by atoms with E-state index in [0.717, 1.165) is 93.2 Å². The molecule has 0 bridgehead atoms. The number of amides is 4. The minimum absolute atomic E-state index is 0.0191. The maximum atomic E-state index is 14.4. The number of anilines is 3. The first kappa shape index (κ1) is 42.9. The van der Waals surface area contributed by atoms with Gasteiger partial charge in [0.2, 0.25) is 11.8 Å². The third kappa shape index (κ3) is 7.49. The van der Waals surface area contributed by atoms with E-state index in [-0.39, 0.29) is 46.0 Å². The van der Waals surface area contributed by atoms with Crippen molar-refractivity contribution in [3.63, 3.8) is 0 Å². The first-order valence-electron chi connectivity index (χ1n) is 22.8. The molecule has 1 atom stereocenters. The number of likely N-dealkylation sites (tertiary alicyclic amines) is 1. The third-order valence-corrected chi connectivity index (χ3v) is 16.0. The summed E-state index contributed by atoms with van der Waals surface area (Å²) in [6.45, 7) is 7.11. The SMILES string of the molecule is COc1ccc(N2CC3(CCN(CC4CCN(c5ccc6c(c5)C(=O)N(C5CCC(=O)NC5=O)C6=O)CC4)CC3)C2)c(OC)c1S(=O)(=O)Nc1noc2cc(Cn3cccn3)c3c(c12)OCC3. The zero-order valence-corrected chi connectivity index (χ0v) is 38.1. The molecule has 6 aliphatic rings. The van der Waals surface area contributed by atoms with Crippen LogP contribution in [-0.4, -0.2) is 129 Å². The minimum atomic E-state index is -4.34. The fourth-order valence-corrected chi connectivity index (χ4v) is 12.4. The molecule has 0 radical (unpaired) electrons. The molecule has 19 nitrogen and oxygen atoms in total. The van der Waals surface area contributed by atoms with E-state index in [4.69, 9.17) is 18.7 Å². The molecule has 8 heterocycles. The van der Waals surface area contributed by atoms with Crippen molar-refractivity contribution in [3.8, 4) is 17.2 Å². The average molecular weight is 934 g/mol. The molecule has 6 aliphatic heterocycles. The lowest BCUT2D eigenvalue weighted by molar-refractivity contribution is -0.136. The third-order valence-electron chi connectivity index (χ3n) is 14.6. The van der Waals surface area contributed by atoms with E-state index >= 15 is 0 Å². The number of fused-ring (bicyclic) bond motifs is 4. The van der Waals surface area contributed by atoms with Gasteiger partial charge >= 0.3 is 0 Å². The standard InChI is InChI=1S/C47H51N9O10S/c1-63-36-8-6-34(41(64-2)42(36)67(61,62)51-43-39-37(66-50-43)22-29(25-55-16-3-15-48-55)31-12-21-65-40(31)39)54-26-47(27-54)13-19-52(20-14-47)24-28-10-17-53(18-11-28)30-4-5-32-33(23-30)46(60)56(45(32)59)35-7-9-38(57)49-44(35)58/h3-6,8,15-16,22-23,28,35H,7,9-14,17-21,24-27H2,1-2H3,(H,50,51)(H,49,57,58). The first-order valence-corrected chi connectivity index (χ1v) is 24.3. The summed E-state index contributed by atoms with van der Waals surface area (Å²) in [6.07, 6.45) is 8.50. The van der Waals surface area contributed by atoms with Gasteiger partial charge in [0.1, 0.15) is 22.9 Å². The molecule has 3 aromatic carbocycles. The van der Waals surface area contributed by atoms with Gasteiger partial charge in [-0.2, -0.15) is 5.10 Å². The van der Waals surface area contributed by atoms with Crippen LogP contribution in [0, 0.1) is 11.3 Å². The second-order valence-electron chi connectivity index (χ2n) is 18.6. The molecule has 0 aliphatic carbocycles. The Morgan fingerprint density at radius 1 is 0.910 bits per heavy atom. The maximum absolute atomic E-state index is 14.4. The Hall–Kier alpha value is -6.67. The Morgan fingerprint density at radius 2 is 1.70 bits per heavy atom. The Bertz CT molecular complexity index is 2930. The van der Waals surface area contributed by atoms with Crippen LogP contribution in [0.15, 0.2) is 64.3 Å². The van der Waals surface area contributed by atoms with Crippen LogP contribution in [0.25, 0.3) is 11.0 Å². The fourth-order valence-electron chi connectivity index (χ4n) is 11.1. The summed E-state index contributed by atoms with van der Waals surface area (Å²) in [7, 11) is -1.44. The van der Waals surface area contributed by atoms with E-state index in [9.17, 15) is 27.6 Å². The van der Waals surface area contributed by atoms with Crippen molar-refractivity contribution in [3.05, 3.63) is 77.1 Å². The van der Waals surface area contributed by atoms with Gasteiger partial charge in [0.15, 0.2) is 22.0 Å². The number of hydrogen-bond acceptors (Lipinski definition) is 15. The monoisotopic (exact) mass is 933 g/mol. The minimum Gasteiger partial charge on any atom is -0.495 e. The van der Waals surface area contributed by atoms with Gasteiger partial charge in [-0.05, 0) is 99.1 Å². The molecule has 4 amide bonds. The van der Waals surface area contributed by atoms with Crippen LogP contribution in [0.5, 0.6) is 17.2 Å². The number of methoxy groups -OCH3 is 2. The van der Waals surface area contributed by atoms with E-state index in [1.165, 1.54) is 14.2 Å². The Morgan fingerprint density at radius 3 is 2.43 bits per heavy atom. The van der Waals surface area contributed by atoms with Crippen LogP contribution < -0.4 is 34.0 Å². The van der Waals surface area contributed by atoms with E-state index in [1.54, 1.807) is 24.4 Å². The van der Waals surface area contributed by atoms with E-state index in [2.05, 4.69) is 35.0 Å². The Balaban J connectivity index is 0.710. The van der Waals surface area contributed by atoms with Crippen molar-refractivity contribution in [2.24, 2.45) is 11.3 Å². The largest absolute Gasteiger partial charge is 0.495 e. The number of carbonyl (C=O) groups excluding carboxylic acids is 4. The molecule has 11 rings (SSSR count). The molecular formula is C47H51N9O10S. The summed E-state index contributed by atoms with van der Waals surface area (Å²) in [6, 6.07) is 11.6. The quantitative estimate of drug-likeness (QED) is 0.169. The highest BCUT2D eigenvalue weighted by atomic mass is 32.2. The summed E-state index contributed by atoms with van der Waals surface area (Å²) < 4.78 is 56.6. The van der Waals surface area contributed by atoms with Gasteiger partial charge in [-0.15, -0.1) is 0 Å². The zero-order valence-electron chi connectivity index (χ0n) is 37.3. The molecule has 350 valence electrons. The van der Waals surface area contributed by atoms with Crippen molar-refractivity contribution in [1.29, 1.82) is 0 Å². The van der Waals surface area contributed by atoms with Crippen molar-refractivity contribution in [1.82, 2.24) is 30.1 Å². The predicted octanol–water partition coefficient (Wildman–Crippen LogP) is 4.05. The average Bonchev–Trinajstić information content (AvgIpc) is 4.14. The molecule has 2 N–H and O–H groups in total. The van der Waals surface area contributed by atoms with E-state index in [0.29, 0.717) is 53.5 Å². The number of sulfonamides is 1. The zero-order chi connectivity index (χ0) is 46.2. The molecule has 4 saturated heterocycles. The number of rotatable bonds is 12. The van der Waals surface area contributed by atoms with Crippen LogP contribution in [0.3, 0.4) is 0 Å². The maximum Gasteiger partial charge on any atom is 0.270 e. The normalized spacial score (nSPS) is 20.8. The molecular weight excluding hydrogens is 883 g/mol. The van der Waals surface area contributed by atoms with Crippen LogP contribution in [0.2, 0.25) is 0 Å². The number of ether oxygens (including phenoxy) is 3. The highest BCUT2D eigenvalue weighted by molar-refractivity contribution is 7.93. The van der Waals surface area contributed by atoms with Gasteiger partial charge in [-0.3, -0.25) is 38.8 Å². The fraction of sp³-hybridized carbons (Fsp3) is 0.447. The molecule has 1 spiro atoms. The van der Waals surface area contributed by atoms with Gasteiger partial charge in [-0.25, -0.2) is 8.42 Å². The lowest BCUT2D eigenvalue weighted by Gasteiger charge is -2.55. The van der Waals surface area contributed by atoms with E-state index in [1.807, 2.05) is 35.1 Å². The van der Waals surface area contributed by atoms with E-state index < -0.39 is 39.7 Å². The number of nitrogens with one attached hydrogen (secondary N) is 2. The lowest BCUT2D eigenvalue weighted by atomic mass is 9.71. The number of hydrogen-bond donors (Lipinski definition) is 2. The van der Waals surface area contributed by atoms with Crippen molar-refractivity contribution in [2.75, 3.05) is 81.2 Å². The molecule has 20 heteroatoms. The summed E-state index contributed by atoms with van der Waals surface area (Å²) >= 11 is 0. The molecule has 2 aromatic heterocycles. The summed E-state index contributed by atoms with van der Waals surface area (Å²) in [5, 5.41) is 11.2. The molecule has 5 aromatic rings. The lowest BCUT2D eigenvalue weighted by Crippen LogP contribution is -2.61. The van der Waals surface area contributed by atoms with Gasteiger partial charge in [-0.1, -0.05) is 5.16 Å². The van der Waals surface area contributed by atoms with Gasteiger partial charge in [0, 0.05) is 74.6 Å². The molecule has 1 unspecified atom stereocenters. The van der Waals surface area contributed by atoms with Crippen LogP contribution in [-0.2, 0) is 32.6 Å². The number of carbonyl (C=O) groups is 4. The molecule has 0 saturated carbocycles. The number of nitrogens with zero attached hydrogens (tertiary/aromatic N) is 7. The first-order chi connectivity index (χ1) is 32.4. The second kappa shape index (κ2) is 16.6. The van der Waals surface area contributed by atoms with Crippen LogP contribution in [0.1, 0.15) is 70.4 Å². The predicted molar refractivity (Wildman–Crippen MR) is 243 cm³/mol. The van der Waals surface area contributed by atoms with Gasteiger partial charge in [0.05, 0.1) is 44.2 Å². The topological polar surface area (TPSA) is 211 Å². The van der Waals surface area contributed by atoms with Crippen molar-refractivity contribution in [2.45, 2.75) is 62.4 Å². The number of aromatic nitrogens is 3. The number of piperidine rings is 3. The summed E-state index contributed by atoms with van der Waals surface area (Å²) in [4.78, 5) is 58.7. The second-order valence-corrected chi connectivity index (χ2v) is 20.2. The van der Waals surface area contributed by atoms with Crippen molar-refractivity contribution < 1.29 is 46.3 Å². The number of imide groups is 2. The molecule has 67 heavy (non-hydrogen) atoms. The van der Waals surface area contributed by atoms with Crippen LogP contribution >= 0.6 is 0 Å². The summed E-state index contributed by atoms with van der Waals surface area (Å²) in [5.74, 6) is -0.599. The Labute approximate surface area is 386 Å². The number of benzene rings is 3. The summed E-state index contributed by atoms with van der Waals surface area (Å²) in [5.41, 5.74) is 4.55. The van der Waals surface area contributed by atoms with Crippen molar-refractivity contribution >= 4 is 61.8 Å².